The molecule has 0 aromatic heterocycles. The molecule has 3 aromatic carbocycles. The van der Waals surface area contributed by atoms with Gasteiger partial charge in [-0.1, -0.05) is 18.2 Å². The molecule has 11 atom stereocenters. The first-order chi connectivity index (χ1) is 25.7. The smallest absolute Gasteiger partial charge is 0.330 e. The third-order valence-corrected chi connectivity index (χ3v) is 8.89. The summed E-state index contributed by atoms with van der Waals surface area (Å²) in [7, 11) is 0. The third kappa shape index (κ3) is 8.16. The Labute approximate surface area is 305 Å². The summed E-state index contributed by atoms with van der Waals surface area (Å²) in [4.78, 5) is 12.4. The Hall–Kier alpha value is -5.15. The van der Waals surface area contributed by atoms with Crippen LogP contribution in [0.15, 0.2) is 66.4 Å². The highest BCUT2D eigenvalue weighted by Gasteiger charge is 2.47. The molecule has 18 heteroatoms. The number of carbonyl (C=O) groups is 1. The lowest BCUT2D eigenvalue weighted by molar-refractivity contribution is -0.293. The van der Waals surface area contributed by atoms with Crippen LogP contribution in [0.2, 0.25) is 0 Å². The van der Waals surface area contributed by atoms with Crippen LogP contribution in [-0.4, -0.2) is 137 Å². The Balaban J connectivity index is 1.26. The van der Waals surface area contributed by atoms with Gasteiger partial charge in [-0.25, -0.2) is 4.79 Å². The van der Waals surface area contributed by atoms with E-state index in [-0.39, 0.29) is 34.1 Å². The molecule has 11 unspecified atom stereocenters. The zero-order chi connectivity index (χ0) is 38.8. The SMILES string of the molecule is O=C(C=Cc1ccc(O)cc1)OCC1OC(Oc2cc(O)cc3c2C=C(OC2OC(CO)C(O)C(O)C2O)C(c2ccc(O)c(O)c2)O3)C(O)C(O)C1O. The summed E-state index contributed by atoms with van der Waals surface area (Å²) in [5, 5.41) is 113. The summed E-state index contributed by atoms with van der Waals surface area (Å²) in [5.41, 5.74) is 0.772. The number of phenols is 4. The van der Waals surface area contributed by atoms with Crippen LogP contribution in [0.1, 0.15) is 22.8 Å². The maximum Gasteiger partial charge on any atom is 0.330 e. The second kappa shape index (κ2) is 16.1. The maximum atomic E-state index is 12.4. The van der Waals surface area contributed by atoms with Crippen molar-refractivity contribution in [1.82, 2.24) is 0 Å². The molecule has 18 nitrogen and oxygen atoms in total. The molecule has 3 heterocycles. The monoisotopic (exact) mass is 758 g/mol. The van der Waals surface area contributed by atoms with E-state index in [0.29, 0.717) is 5.56 Å². The minimum absolute atomic E-state index is 0.0189. The molecule has 0 radical (unpaired) electrons. The number of benzene rings is 3. The lowest BCUT2D eigenvalue weighted by Gasteiger charge is -2.41. The Kier molecular flexibility index (Phi) is 11.5. The summed E-state index contributed by atoms with van der Waals surface area (Å²) >= 11 is 0. The zero-order valence-corrected chi connectivity index (χ0v) is 28.0. The Morgan fingerprint density at radius 2 is 1.35 bits per heavy atom. The second-order valence-corrected chi connectivity index (χ2v) is 12.7. The highest BCUT2D eigenvalue weighted by atomic mass is 16.7. The fourth-order valence-corrected chi connectivity index (χ4v) is 5.90. The van der Waals surface area contributed by atoms with Crippen LogP contribution < -0.4 is 9.47 Å². The van der Waals surface area contributed by atoms with Crippen molar-refractivity contribution in [3.63, 3.8) is 0 Å². The van der Waals surface area contributed by atoms with Crippen molar-refractivity contribution in [1.29, 1.82) is 0 Å². The van der Waals surface area contributed by atoms with E-state index in [0.717, 1.165) is 24.3 Å². The van der Waals surface area contributed by atoms with Crippen molar-refractivity contribution < 1.29 is 89.4 Å². The van der Waals surface area contributed by atoms with Crippen LogP contribution in [0.3, 0.4) is 0 Å². The summed E-state index contributed by atoms with van der Waals surface area (Å²) in [6.07, 6.45) is -14.5. The van der Waals surface area contributed by atoms with Crippen LogP contribution in [0.5, 0.6) is 34.5 Å². The largest absolute Gasteiger partial charge is 0.508 e. The maximum absolute atomic E-state index is 12.4. The van der Waals surface area contributed by atoms with E-state index in [1.165, 1.54) is 36.4 Å². The predicted molar refractivity (Wildman–Crippen MR) is 179 cm³/mol. The van der Waals surface area contributed by atoms with Gasteiger partial charge in [-0.05, 0) is 42.0 Å². The Bertz CT molecular complexity index is 1860. The van der Waals surface area contributed by atoms with Crippen molar-refractivity contribution in [2.45, 2.75) is 67.5 Å². The average Bonchev–Trinajstić information content (AvgIpc) is 3.15. The van der Waals surface area contributed by atoms with Gasteiger partial charge in [0.05, 0.1) is 12.2 Å². The molecule has 290 valence electrons. The first kappa shape index (κ1) is 38.6. The van der Waals surface area contributed by atoms with E-state index in [2.05, 4.69) is 0 Å². The number of aromatic hydroxyl groups is 4. The van der Waals surface area contributed by atoms with E-state index in [1.807, 2.05) is 0 Å². The van der Waals surface area contributed by atoms with Gasteiger partial charge in [0.1, 0.15) is 84.2 Å². The quantitative estimate of drug-likeness (QED) is 0.0688. The Morgan fingerprint density at radius 1 is 0.704 bits per heavy atom. The first-order valence-electron chi connectivity index (χ1n) is 16.5. The van der Waals surface area contributed by atoms with Gasteiger partial charge in [0.25, 0.3) is 0 Å². The van der Waals surface area contributed by atoms with Crippen LogP contribution in [0.25, 0.3) is 12.2 Å². The average molecular weight is 759 g/mol. The molecule has 0 bridgehead atoms. The standard InChI is InChI=1S/C36H38O18/c37-13-25-28(43)30(45)32(47)36(53-25)52-24-12-19-22(50-34(24)16-4-7-20(40)21(41)9-16)10-18(39)11-23(19)51-35-33(48)31(46)29(44)26(54-35)14-49-27(42)8-3-15-1-5-17(38)6-2-15/h1-12,25-26,28-41,43-48H,13-14H2. The molecule has 0 spiro atoms. The Morgan fingerprint density at radius 3 is 2.02 bits per heavy atom. The summed E-state index contributed by atoms with van der Waals surface area (Å²) in [6, 6.07) is 11.9. The minimum atomic E-state index is -1.88. The second-order valence-electron chi connectivity index (χ2n) is 12.7. The van der Waals surface area contributed by atoms with Gasteiger partial charge in [0.15, 0.2) is 17.6 Å². The normalized spacial score (nSPS) is 30.9. The fourth-order valence-electron chi connectivity index (χ4n) is 5.90. The van der Waals surface area contributed by atoms with Crippen LogP contribution in [-0.2, 0) is 23.7 Å². The predicted octanol–water partition coefficient (Wildman–Crippen LogP) is -0.757. The van der Waals surface area contributed by atoms with E-state index < -0.39 is 104 Å². The van der Waals surface area contributed by atoms with Crippen molar-refractivity contribution in [2.75, 3.05) is 13.2 Å². The number of carbonyl (C=O) groups excluding carboxylic acids is 1. The number of aliphatic hydroxyl groups is 7. The summed E-state index contributed by atoms with van der Waals surface area (Å²) in [5.74, 6) is -2.71. The highest BCUT2D eigenvalue weighted by molar-refractivity contribution is 5.87. The van der Waals surface area contributed by atoms with E-state index in [4.69, 9.17) is 28.4 Å². The molecular weight excluding hydrogens is 720 g/mol. The van der Waals surface area contributed by atoms with E-state index in [9.17, 15) is 61.0 Å². The van der Waals surface area contributed by atoms with Gasteiger partial charge in [-0.3, -0.25) is 0 Å². The number of phenolic OH excluding ortho intramolecular Hbond substituents is 4. The molecule has 54 heavy (non-hydrogen) atoms. The molecule has 0 amide bonds. The summed E-state index contributed by atoms with van der Waals surface area (Å²) in [6.45, 7) is -1.35. The molecule has 0 saturated carbocycles. The first-order valence-corrected chi connectivity index (χ1v) is 16.5. The van der Waals surface area contributed by atoms with Gasteiger partial charge in [0, 0.05) is 23.8 Å². The number of rotatable bonds is 10. The van der Waals surface area contributed by atoms with E-state index >= 15 is 0 Å². The molecule has 3 aliphatic heterocycles. The van der Waals surface area contributed by atoms with Gasteiger partial charge in [-0.2, -0.15) is 0 Å². The number of ether oxygens (including phenoxy) is 6. The van der Waals surface area contributed by atoms with Crippen LogP contribution >= 0.6 is 0 Å². The lowest BCUT2D eigenvalue weighted by Crippen LogP contribution is -2.60. The van der Waals surface area contributed by atoms with Gasteiger partial charge < -0.3 is 84.6 Å². The molecule has 2 fully saturated rings. The molecule has 3 aliphatic rings. The van der Waals surface area contributed by atoms with Crippen molar-refractivity contribution in [3.8, 4) is 34.5 Å². The van der Waals surface area contributed by atoms with Gasteiger partial charge in [0.2, 0.25) is 12.6 Å². The number of fused-ring (bicyclic) bond motifs is 1. The highest BCUT2D eigenvalue weighted by Crippen LogP contribution is 2.46. The number of aliphatic hydroxyl groups excluding tert-OH is 7. The van der Waals surface area contributed by atoms with Crippen LogP contribution in [0.4, 0.5) is 0 Å². The molecule has 11 N–H and O–H groups in total. The zero-order valence-electron chi connectivity index (χ0n) is 28.0. The van der Waals surface area contributed by atoms with Crippen molar-refractivity contribution in [3.05, 3.63) is 83.1 Å². The van der Waals surface area contributed by atoms with Crippen molar-refractivity contribution in [2.24, 2.45) is 0 Å². The fraction of sp³-hybridized carbons (Fsp3) is 0.361. The number of hydrogen-bond donors (Lipinski definition) is 11. The van der Waals surface area contributed by atoms with Gasteiger partial charge >= 0.3 is 5.97 Å². The number of hydrogen-bond acceptors (Lipinski definition) is 18. The molecule has 0 aliphatic carbocycles. The topological polar surface area (TPSA) is 295 Å². The van der Waals surface area contributed by atoms with Crippen molar-refractivity contribution >= 4 is 18.1 Å². The molecule has 6 rings (SSSR count). The number of esters is 1. The minimum Gasteiger partial charge on any atom is -0.508 e. The van der Waals surface area contributed by atoms with E-state index in [1.54, 1.807) is 12.1 Å². The van der Waals surface area contributed by atoms with Gasteiger partial charge in [-0.15, -0.1) is 0 Å². The third-order valence-electron chi connectivity index (χ3n) is 8.89. The van der Waals surface area contributed by atoms with Crippen LogP contribution in [0, 0.1) is 0 Å². The summed E-state index contributed by atoms with van der Waals surface area (Å²) < 4.78 is 34.4. The molecule has 2 saturated heterocycles. The molecule has 3 aromatic rings. The molecular formula is C36H38O18. The lowest BCUT2D eigenvalue weighted by atomic mass is 9.98.